The summed E-state index contributed by atoms with van der Waals surface area (Å²) in [6.07, 6.45) is 3.32. The van der Waals surface area contributed by atoms with Crippen LogP contribution in [0.15, 0.2) is 18.2 Å². The summed E-state index contributed by atoms with van der Waals surface area (Å²) in [6, 6.07) is 3.96. The number of fused-ring (bicyclic) bond motifs is 1. The number of ether oxygens (including phenoxy) is 1. The maximum Gasteiger partial charge on any atom is 0.337 e. The third-order valence-electron chi connectivity index (χ3n) is 3.73. The lowest BCUT2D eigenvalue weighted by molar-refractivity contribution is -0.118. The lowest BCUT2D eigenvalue weighted by Gasteiger charge is -2.17. The standard InChI is InChI=1S/C16H21N3O4/c1-23-16(22)10-7-8-12-13(9-10)18-14(20)6-4-2-3-5-11(17)15(21)19-12/h7-9,11H,2-6,17H2,1H3,(H,18,20)(H,19,21)/t11-/m0/s1. The SMILES string of the molecule is COC(=O)c1ccc2c(c1)NC(=O)CCCCC[C@H](N)C(=O)N2. The molecule has 0 unspecified atom stereocenters. The van der Waals surface area contributed by atoms with Gasteiger partial charge in [0.05, 0.1) is 30.1 Å². The summed E-state index contributed by atoms with van der Waals surface area (Å²) in [5.41, 5.74) is 6.93. The van der Waals surface area contributed by atoms with Crippen molar-refractivity contribution in [1.29, 1.82) is 0 Å². The molecule has 1 atom stereocenters. The Bertz CT molecular complexity index is 615. The minimum absolute atomic E-state index is 0.160. The van der Waals surface area contributed by atoms with Gasteiger partial charge in [-0.3, -0.25) is 9.59 Å². The Balaban J connectivity index is 2.33. The number of anilines is 2. The molecule has 0 radical (unpaired) electrons. The van der Waals surface area contributed by atoms with Gasteiger partial charge in [0.15, 0.2) is 0 Å². The van der Waals surface area contributed by atoms with Gasteiger partial charge in [0, 0.05) is 6.42 Å². The summed E-state index contributed by atoms with van der Waals surface area (Å²) < 4.78 is 4.67. The summed E-state index contributed by atoms with van der Waals surface area (Å²) in [5.74, 6) is -0.990. The Hall–Kier alpha value is -2.41. The van der Waals surface area contributed by atoms with Crippen LogP contribution in [0.2, 0.25) is 0 Å². The van der Waals surface area contributed by atoms with Gasteiger partial charge in [0.25, 0.3) is 0 Å². The van der Waals surface area contributed by atoms with Crippen molar-refractivity contribution in [3.63, 3.8) is 0 Å². The molecule has 0 saturated heterocycles. The molecule has 0 aromatic heterocycles. The molecule has 23 heavy (non-hydrogen) atoms. The van der Waals surface area contributed by atoms with Crippen LogP contribution in [0.25, 0.3) is 0 Å². The predicted molar refractivity (Wildman–Crippen MR) is 86.1 cm³/mol. The summed E-state index contributed by atoms with van der Waals surface area (Å²) in [5, 5.41) is 5.43. The quantitative estimate of drug-likeness (QED) is 0.682. The second-order valence-corrected chi connectivity index (χ2v) is 5.50. The molecule has 7 heteroatoms. The number of nitrogens with one attached hydrogen (secondary N) is 2. The van der Waals surface area contributed by atoms with Gasteiger partial charge >= 0.3 is 5.97 Å². The number of esters is 1. The normalized spacial score (nSPS) is 19.5. The smallest absolute Gasteiger partial charge is 0.337 e. The van der Waals surface area contributed by atoms with E-state index in [2.05, 4.69) is 15.4 Å². The molecule has 0 aliphatic carbocycles. The monoisotopic (exact) mass is 319 g/mol. The topological polar surface area (TPSA) is 111 Å². The molecule has 1 heterocycles. The molecule has 124 valence electrons. The Morgan fingerprint density at radius 1 is 1.17 bits per heavy atom. The Labute approximate surface area is 134 Å². The maximum atomic E-state index is 12.1. The van der Waals surface area contributed by atoms with E-state index >= 15 is 0 Å². The van der Waals surface area contributed by atoms with Crippen molar-refractivity contribution in [3.8, 4) is 0 Å². The van der Waals surface area contributed by atoms with Crippen LogP contribution in [-0.2, 0) is 14.3 Å². The van der Waals surface area contributed by atoms with E-state index in [9.17, 15) is 14.4 Å². The largest absolute Gasteiger partial charge is 0.465 e. The Morgan fingerprint density at radius 3 is 2.70 bits per heavy atom. The van der Waals surface area contributed by atoms with Crippen LogP contribution in [0, 0.1) is 0 Å². The molecule has 2 rings (SSSR count). The van der Waals surface area contributed by atoms with Crippen molar-refractivity contribution in [1.82, 2.24) is 0 Å². The first-order chi connectivity index (χ1) is 11.0. The minimum Gasteiger partial charge on any atom is -0.465 e. The fourth-order valence-corrected chi connectivity index (χ4v) is 2.40. The van der Waals surface area contributed by atoms with Crippen LogP contribution in [-0.4, -0.2) is 30.9 Å². The van der Waals surface area contributed by atoms with Crippen molar-refractivity contribution in [3.05, 3.63) is 23.8 Å². The van der Waals surface area contributed by atoms with E-state index in [0.29, 0.717) is 24.2 Å². The molecule has 1 aromatic carbocycles. The molecule has 0 bridgehead atoms. The van der Waals surface area contributed by atoms with Crippen LogP contribution in [0.3, 0.4) is 0 Å². The highest BCUT2D eigenvalue weighted by Gasteiger charge is 2.18. The lowest BCUT2D eigenvalue weighted by Crippen LogP contribution is -2.36. The zero-order valence-electron chi connectivity index (χ0n) is 13.1. The molecule has 1 aliphatic rings. The number of amides is 2. The number of methoxy groups -OCH3 is 1. The van der Waals surface area contributed by atoms with E-state index in [-0.39, 0.29) is 17.4 Å². The third-order valence-corrected chi connectivity index (χ3v) is 3.73. The fraction of sp³-hybridized carbons (Fsp3) is 0.438. The van der Waals surface area contributed by atoms with Crippen molar-refractivity contribution in [2.75, 3.05) is 17.7 Å². The van der Waals surface area contributed by atoms with Crippen molar-refractivity contribution >= 4 is 29.2 Å². The highest BCUT2D eigenvalue weighted by Crippen LogP contribution is 2.25. The Morgan fingerprint density at radius 2 is 1.96 bits per heavy atom. The maximum absolute atomic E-state index is 12.1. The molecule has 0 spiro atoms. The zero-order valence-corrected chi connectivity index (χ0v) is 13.1. The highest BCUT2D eigenvalue weighted by molar-refractivity contribution is 6.03. The minimum atomic E-state index is -0.599. The number of nitrogens with two attached hydrogens (primary N) is 1. The molecule has 1 aliphatic heterocycles. The summed E-state index contributed by atoms with van der Waals surface area (Å²) in [6.45, 7) is 0. The van der Waals surface area contributed by atoms with Crippen LogP contribution < -0.4 is 16.4 Å². The first-order valence-corrected chi connectivity index (χ1v) is 7.60. The molecule has 0 saturated carbocycles. The van der Waals surface area contributed by atoms with Crippen LogP contribution in [0.1, 0.15) is 42.5 Å². The fourth-order valence-electron chi connectivity index (χ4n) is 2.40. The van der Waals surface area contributed by atoms with Gasteiger partial charge in [-0.25, -0.2) is 4.79 Å². The van der Waals surface area contributed by atoms with Crippen LogP contribution >= 0.6 is 0 Å². The number of hydrogen-bond donors (Lipinski definition) is 3. The average Bonchev–Trinajstić information content (AvgIpc) is 2.54. The van der Waals surface area contributed by atoms with Crippen molar-refractivity contribution in [2.24, 2.45) is 5.73 Å². The molecule has 1 aromatic rings. The van der Waals surface area contributed by atoms with Gasteiger partial charge in [0.1, 0.15) is 0 Å². The van der Waals surface area contributed by atoms with E-state index in [1.165, 1.54) is 19.2 Å². The molecular weight excluding hydrogens is 298 g/mol. The predicted octanol–water partition coefficient (Wildman–Crippen LogP) is 1.64. The second kappa shape index (κ2) is 7.73. The molecule has 7 nitrogen and oxygen atoms in total. The first kappa shape index (κ1) is 17.0. The Kier molecular flexibility index (Phi) is 5.70. The molecule has 4 N–H and O–H groups in total. The number of benzene rings is 1. The van der Waals surface area contributed by atoms with Gasteiger partial charge < -0.3 is 21.1 Å². The van der Waals surface area contributed by atoms with E-state index in [1.807, 2.05) is 0 Å². The second-order valence-electron chi connectivity index (χ2n) is 5.50. The number of carbonyl (C=O) groups excluding carboxylic acids is 3. The van der Waals surface area contributed by atoms with E-state index < -0.39 is 12.0 Å². The summed E-state index contributed by atoms with van der Waals surface area (Å²) in [7, 11) is 1.28. The van der Waals surface area contributed by atoms with Crippen molar-refractivity contribution in [2.45, 2.75) is 38.1 Å². The average molecular weight is 319 g/mol. The van der Waals surface area contributed by atoms with E-state index in [1.54, 1.807) is 6.07 Å². The number of carbonyl (C=O) groups is 3. The van der Waals surface area contributed by atoms with Gasteiger partial charge in [0.2, 0.25) is 11.8 Å². The van der Waals surface area contributed by atoms with Gasteiger partial charge in [-0.05, 0) is 31.0 Å². The first-order valence-electron chi connectivity index (χ1n) is 7.60. The number of hydrogen-bond acceptors (Lipinski definition) is 5. The lowest BCUT2D eigenvalue weighted by atomic mass is 10.1. The van der Waals surface area contributed by atoms with Crippen LogP contribution in [0.5, 0.6) is 0 Å². The van der Waals surface area contributed by atoms with Gasteiger partial charge in [-0.15, -0.1) is 0 Å². The van der Waals surface area contributed by atoms with E-state index in [0.717, 1.165) is 19.3 Å². The zero-order chi connectivity index (χ0) is 16.8. The molecule has 2 amide bonds. The van der Waals surface area contributed by atoms with Crippen molar-refractivity contribution < 1.29 is 19.1 Å². The summed E-state index contributed by atoms with van der Waals surface area (Å²) >= 11 is 0. The third kappa shape index (κ3) is 4.53. The molecule has 0 fully saturated rings. The van der Waals surface area contributed by atoms with Gasteiger partial charge in [-0.2, -0.15) is 0 Å². The highest BCUT2D eigenvalue weighted by atomic mass is 16.5. The van der Waals surface area contributed by atoms with Crippen LogP contribution in [0.4, 0.5) is 11.4 Å². The van der Waals surface area contributed by atoms with Gasteiger partial charge in [-0.1, -0.05) is 12.8 Å². The summed E-state index contributed by atoms with van der Waals surface area (Å²) in [4.78, 5) is 35.7. The number of rotatable bonds is 1. The molecular formula is C16H21N3O4. The van der Waals surface area contributed by atoms with E-state index in [4.69, 9.17) is 5.73 Å².